The van der Waals surface area contributed by atoms with E-state index in [4.69, 9.17) is 0 Å². The molecule has 0 bridgehead atoms. The first kappa shape index (κ1) is 8.36. The van der Waals surface area contributed by atoms with Gasteiger partial charge < -0.3 is 0 Å². The molecule has 2 nitrogen and oxygen atoms in total. The largest absolute Gasteiger partial charge is 0.290 e. The zero-order valence-corrected chi connectivity index (χ0v) is 8.05. The number of dihydropyridines is 1. The van der Waals surface area contributed by atoms with E-state index >= 15 is 0 Å². The van der Waals surface area contributed by atoms with E-state index in [1.807, 2.05) is 24.3 Å². The second kappa shape index (κ2) is 3.02. The fourth-order valence-electron chi connectivity index (χ4n) is 1.89. The normalized spacial score (nSPS) is 26.5. The van der Waals surface area contributed by atoms with Crippen LogP contribution in [0.2, 0.25) is 0 Å². The molecule has 0 aromatic rings. The summed E-state index contributed by atoms with van der Waals surface area (Å²) in [7, 11) is 0. The van der Waals surface area contributed by atoms with Gasteiger partial charge in [0.05, 0.1) is 11.8 Å². The molecule has 1 atom stereocenters. The SMILES string of the molecule is O=C1C=CC2=NC3C=CC=CC3=CC2=C1. The average Bonchev–Trinajstić information content (AvgIpc) is 2.26. The van der Waals surface area contributed by atoms with Crippen molar-refractivity contribution in [3.63, 3.8) is 0 Å². The van der Waals surface area contributed by atoms with Crippen molar-refractivity contribution in [2.45, 2.75) is 6.04 Å². The van der Waals surface area contributed by atoms with Gasteiger partial charge in [-0.05, 0) is 29.9 Å². The van der Waals surface area contributed by atoms with Crippen molar-refractivity contribution in [2.75, 3.05) is 0 Å². The van der Waals surface area contributed by atoms with E-state index in [9.17, 15) is 4.79 Å². The second-order valence-electron chi connectivity index (χ2n) is 3.68. The fourth-order valence-corrected chi connectivity index (χ4v) is 1.89. The van der Waals surface area contributed by atoms with Crippen molar-refractivity contribution in [3.05, 3.63) is 59.8 Å². The molecule has 0 aromatic carbocycles. The summed E-state index contributed by atoms with van der Waals surface area (Å²) in [6.45, 7) is 0. The topological polar surface area (TPSA) is 29.4 Å². The molecule has 0 saturated heterocycles. The monoisotopic (exact) mass is 195 g/mol. The van der Waals surface area contributed by atoms with Crippen LogP contribution >= 0.6 is 0 Å². The molecule has 2 aliphatic carbocycles. The third-order valence-corrected chi connectivity index (χ3v) is 2.63. The third-order valence-electron chi connectivity index (χ3n) is 2.63. The molecule has 0 spiro atoms. The number of hydrogen-bond acceptors (Lipinski definition) is 2. The molecule has 0 radical (unpaired) electrons. The maximum atomic E-state index is 11.2. The minimum absolute atomic E-state index is 0.0366. The first-order chi connectivity index (χ1) is 7.33. The van der Waals surface area contributed by atoms with Crippen LogP contribution in [0.3, 0.4) is 0 Å². The van der Waals surface area contributed by atoms with Crippen LogP contribution in [0.5, 0.6) is 0 Å². The molecule has 0 fully saturated rings. The minimum Gasteiger partial charge on any atom is -0.290 e. The van der Waals surface area contributed by atoms with Gasteiger partial charge in [0.2, 0.25) is 0 Å². The Morgan fingerprint density at radius 2 is 2.00 bits per heavy atom. The van der Waals surface area contributed by atoms with Crippen LogP contribution in [-0.2, 0) is 4.79 Å². The van der Waals surface area contributed by atoms with Crippen molar-refractivity contribution in [2.24, 2.45) is 4.99 Å². The standard InChI is InChI=1S/C13H9NO/c15-11-5-6-13-10(8-11)7-9-3-1-2-4-12(9)14-13/h1-8,12H. The molecule has 1 aliphatic heterocycles. The number of nitrogens with zero attached hydrogens (tertiary/aromatic N) is 1. The van der Waals surface area contributed by atoms with Gasteiger partial charge in [-0.2, -0.15) is 0 Å². The smallest absolute Gasteiger partial charge is 0.179 e. The number of fused-ring (bicyclic) bond motifs is 2. The molecule has 1 unspecified atom stereocenters. The maximum absolute atomic E-state index is 11.2. The van der Waals surface area contributed by atoms with Crippen molar-refractivity contribution < 1.29 is 4.79 Å². The van der Waals surface area contributed by atoms with E-state index < -0.39 is 0 Å². The van der Waals surface area contributed by atoms with Crippen molar-refractivity contribution in [3.8, 4) is 0 Å². The lowest BCUT2D eigenvalue weighted by Crippen LogP contribution is -2.18. The molecule has 0 amide bonds. The summed E-state index contributed by atoms with van der Waals surface area (Å²) in [4.78, 5) is 15.8. The van der Waals surface area contributed by atoms with E-state index in [1.165, 1.54) is 0 Å². The van der Waals surface area contributed by atoms with Crippen LogP contribution in [0, 0.1) is 0 Å². The summed E-state index contributed by atoms with van der Waals surface area (Å²) >= 11 is 0. The van der Waals surface area contributed by atoms with Gasteiger partial charge in [-0.3, -0.25) is 9.79 Å². The minimum atomic E-state index is 0.0366. The molecular weight excluding hydrogens is 186 g/mol. The van der Waals surface area contributed by atoms with Crippen molar-refractivity contribution in [1.82, 2.24) is 0 Å². The molecular formula is C13H9NO. The second-order valence-corrected chi connectivity index (χ2v) is 3.68. The van der Waals surface area contributed by atoms with Gasteiger partial charge in [0.25, 0.3) is 0 Å². The highest BCUT2D eigenvalue weighted by atomic mass is 16.1. The van der Waals surface area contributed by atoms with Gasteiger partial charge >= 0.3 is 0 Å². The molecule has 3 rings (SSSR count). The lowest BCUT2D eigenvalue weighted by molar-refractivity contribution is -0.110. The first-order valence-corrected chi connectivity index (χ1v) is 4.91. The molecule has 0 N–H and O–H groups in total. The number of ketones is 1. The number of hydrogen-bond donors (Lipinski definition) is 0. The predicted molar refractivity (Wildman–Crippen MR) is 59.8 cm³/mol. The molecule has 72 valence electrons. The van der Waals surface area contributed by atoms with E-state index in [2.05, 4.69) is 11.1 Å². The lowest BCUT2D eigenvalue weighted by atomic mass is 9.91. The Balaban J connectivity index is 2.09. The third kappa shape index (κ3) is 1.34. The zero-order valence-electron chi connectivity index (χ0n) is 8.05. The summed E-state index contributed by atoms with van der Waals surface area (Å²) < 4.78 is 0. The Morgan fingerprint density at radius 3 is 2.93 bits per heavy atom. The van der Waals surface area contributed by atoms with E-state index in [1.54, 1.807) is 18.2 Å². The number of aliphatic imine (C=N–C) groups is 1. The molecule has 15 heavy (non-hydrogen) atoms. The highest BCUT2D eigenvalue weighted by molar-refractivity contribution is 6.21. The molecule has 1 heterocycles. The Morgan fingerprint density at radius 1 is 1.07 bits per heavy atom. The zero-order chi connectivity index (χ0) is 10.3. The maximum Gasteiger partial charge on any atom is 0.179 e. The summed E-state index contributed by atoms with van der Waals surface area (Å²) in [6.07, 6.45) is 15.1. The molecule has 2 heteroatoms. The number of carbonyl (C=O) groups excluding carboxylic acids is 1. The van der Waals surface area contributed by atoms with Crippen LogP contribution in [0.25, 0.3) is 0 Å². The number of rotatable bonds is 0. The average molecular weight is 195 g/mol. The Bertz CT molecular complexity index is 513. The Labute approximate surface area is 87.7 Å². The van der Waals surface area contributed by atoms with Gasteiger partial charge in [0.15, 0.2) is 5.78 Å². The van der Waals surface area contributed by atoms with E-state index in [-0.39, 0.29) is 11.8 Å². The summed E-state index contributed by atoms with van der Waals surface area (Å²) in [5.74, 6) is 0.0366. The molecule has 0 aromatic heterocycles. The van der Waals surface area contributed by atoms with Crippen LogP contribution in [0.15, 0.2) is 64.7 Å². The highest BCUT2D eigenvalue weighted by Crippen LogP contribution is 2.25. The summed E-state index contributed by atoms with van der Waals surface area (Å²) in [6, 6.07) is 0.125. The van der Waals surface area contributed by atoms with Crippen LogP contribution in [0.1, 0.15) is 0 Å². The fraction of sp³-hybridized carbons (Fsp3) is 0.0769. The van der Waals surface area contributed by atoms with Gasteiger partial charge in [0.1, 0.15) is 0 Å². The van der Waals surface area contributed by atoms with Gasteiger partial charge in [-0.25, -0.2) is 0 Å². The number of allylic oxidation sites excluding steroid dienone is 7. The van der Waals surface area contributed by atoms with Crippen LogP contribution in [-0.4, -0.2) is 17.5 Å². The van der Waals surface area contributed by atoms with Crippen molar-refractivity contribution in [1.29, 1.82) is 0 Å². The van der Waals surface area contributed by atoms with E-state index in [0.29, 0.717) is 0 Å². The number of carbonyl (C=O) groups is 1. The Hall–Kier alpha value is -1.96. The quantitative estimate of drug-likeness (QED) is 0.543. The van der Waals surface area contributed by atoms with Crippen LogP contribution in [0.4, 0.5) is 0 Å². The van der Waals surface area contributed by atoms with Gasteiger partial charge in [-0.1, -0.05) is 24.3 Å². The predicted octanol–water partition coefficient (Wildman–Crippen LogP) is 1.93. The van der Waals surface area contributed by atoms with E-state index in [0.717, 1.165) is 16.9 Å². The van der Waals surface area contributed by atoms with Crippen molar-refractivity contribution >= 4 is 11.5 Å². The lowest BCUT2D eigenvalue weighted by Gasteiger charge is -2.21. The highest BCUT2D eigenvalue weighted by Gasteiger charge is 2.20. The first-order valence-electron chi connectivity index (χ1n) is 4.91. The van der Waals surface area contributed by atoms with Crippen LogP contribution < -0.4 is 0 Å². The summed E-state index contributed by atoms with van der Waals surface area (Å²) in [5.41, 5.74) is 2.98. The molecule has 3 aliphatic rings. The Kier molecular flexibility index (Phi) is 1.68. The van der Waals surface area contributed by atoms with Gasteiger partial charge in [-0.15, -0.1) is 0 Å². The summed E-state index contributed by atoms with van der Waals surface area (Å²) in [5, 5.41) is 0. The molecule has 0 saturated carbocycles. The van der Waals surface area contributed by atoms with Gasteiger partial charge in [0, 0.05) is 5.57 Å².